The van der Waals surface area contributed by atoms with Crippen molar-refractivity contribution in [3.8, 4) is 0 Å². The summed E-state index contributed by atoms with van der Waals surface area (Å²) in [5.74, 6) is 1.16. The summed E-state index contributed by atoms with van der Waals surface area (Å²) < 4.78 is 27.5. The number of piperidine rings is 1. The van der Waals surface area contributed by atoms with E-state index in [0.717, 1.165) is 26.1 Å². The molecule has 0 aliphatic carbocycles. The summed E-state index contributed by atoms with van der Waals surface area (Å²) in [5, 5.41) is 0. The average Bonchev–Trinajstić information content (AvgIpc) is 3.07. The predicted octanol–water partition coefficient (Wildman–Crippen LogP) is 1.42. The number of hydrogen-bond acceptors (Lipinski definition) is 4. The van der Waals surface area contributed by atoms with Gasteiger partial charge in [-0.1, -0.05) is 6.07 Å². The first-order valence-corrected chi connectivity index (χ1v) is 10.2. The second-order valence-electron chi connectivity index (χ2n) is 7.17. The minimum Gasteiger partial charge on any atom is -0.299 e. The van der Waals surface area contributed by atoms with Crippen molar-refractivity contribution >= 4 is 10.2 Å². The van der Waals surface area contributed by atoms with Gasteiger partial charge in [0.1, 0.15) is 0 Å². The molecule has 1 unspecified atom stereocenters. The van der Waals surface area contributed by atoms with Crippen LogP contribution in [0.3, 0.4) is 0 Å². The van der Waals surface area contributed by atoms with E-state index in [1.807, 2.05) is 18.5 Å². The number of nitrogens with zero attached hydrogens (tertiary/aromatic N) is 4. The Morgan fingerprint density at radius 1 is 1.17 bits per heavy atom. The summed E-state index contributed by atoms with van der Waals surface area (Å²) in [4.78, 5) is 6.66. The molecule has 2 saturated heterocycles. The summed E-state index contributed by atoms with van der Waals surface area (Å²) in [6.07, 6.45) is 7.08. The predicted molar refractivity (Wildman–Crippen MR) is 94.5 cm³/mol. The van der Waals surface area contributed by atoms with Gasteiger partial charge in [0, 0.05) is 46.1 Å². The van der Waals surface area contributed by atoms with Crippen molar-refractivity contribution in [2.45, 2.75) is 25.8 Å². The SMILES string of the molecule is CN(C)S(=O)(=O)N1CCC(C2CCN(Cc3cccnc3)CC2)C1. The van der Waals surface area contributed by atoms with Gasteiger partial charge < -0.3 is 0 Å². The molecule has 1 atom stereocenters. The van der Waals surface area contributed by atoms with E-state index in [0.29, 0.717) is 24.9 Å². The van der Waals surface area contributed by atoms with Gasteiger partial charge in [0.15, 0.2) is 0 Å². The lowest BCUT2D eigenvalue weighted by Crippen LogP contribution is -2.40. The van der Waals surface area contributed by atoms with Gasteiger partial charge in [-0.05, 0) is 55.8 Å². The number of hydrogen-bond donors (Lipinski definition) is 0. The molecule has 7 heteroatoms. The molecular weight excluding hydrogens is 324 g/mol. The first kappa shape index (κ1) is 17.8. The maximum atomic E-state index is 12.3. The van der Waals surface area contributed by atoms with Gasteiger partial charge in [-0.3, -0.25) is 9.88 Å². The van der Waals surface area contributed by atoms with Crippen molar-refractivity contribution in [1.29, 1.82) is 0 Å². The number of pyridine rings is 1. The lowest BCUT2D eigenvalue weighted by atomic mass is 9.84. The van der Waals surface area contributed by atoms with Crippen molar-refractivity contribution in [3.63, 3.8) is 0 Å². The Balaban J connectivity index is 1.49. The topological polar surface area (TPSA) is 56.8 Å². The average molecular weight is 353 g/mol. The van der Waals surface area contributed by atoms with Gasteiger partial charge in [0.25, 0.3) is 10.2 Å². The van der Waals surface area contributed by atoms with E-state index in [-0.39, 0.29) is 0 Å². The van der Waals surface area contributed by atoms with Crippen LogP contribution in [0, 0.1) is 11.8 Å². The van der Waals surface area contributed by atoms with Crippen LogP contribution >= 0.6 is 0 Å². The van der Waals surface area contributed by atoms with Gasteiger partial charge in [0.05, 0.1) is 0 Å². The highest BCUT2D eigenvalue weighted by Crippen LogP contribution is 2.33. The quantitative estimate of drug-likeness (QED) is 0.804. The van der Waals surface area contributed by atoms with Gasteiger partial charge in [0.2, 0.25) is 0 Å². The highest BCUT2D eigenvalue weighted by molar-refractivity contribution is 7.86. The Labute approximate surface area is 145 Å². The molecule has 0 radical (unpaired) electrons. The molecule has 3 heterocycles. The van der Waals surface area contributed by atoms with Crippen molar-refractivity contribution in [3.05, 3.63) is 30.1 Å². The van der Waals surface area contributed by atoms with E-state index in [9.17, 15) is 8.42 Å². The Morgan fingerprint density at radius 3 is 2.50 bits per heavy atom. The van der Waals surface area contributed by atoms with Crippen molar-refractivity contribution in [2.75, 3.05) is 40.3 Å². The van der Waals surface area contributed by atoms with Crippen LogP contribution in [0.5, 0.6) is 0 Å². The third-order valence-electron chi connectivity index (χ3n) is 5.40. The van der Waals surface area contributed by atoms with E-state index >= 15 is 0 Å². The molecular formula is C17H28N4O2S. The normalized spacial score (nSPS) is 24.7. The fourth-order valence-electron chi connectivity index (χ4n) is 3.91. The standard InChI is InChI=1S/C17H28N4O2S/c1-19(2)24(22,23)21-11-7-17(14-21)16-5-9-20(10-6-16)13-15-4-3-8-18-12-15/h3-4,8,12,16-17H,5-7,9-11,13-14H2,1-2H3. The van der Waals surface area contributed by atoms with E-state index in [1.165, 1.54) is 22.7 Å². The first-order chi connectivity index (χ1) is 11.5. The fourth-order valence-corrected chi connectivity index (χ4v) is 5.09. The summed E-state index contributed by atoms with van der Waals surface area (Å²) in [6, 6.07) is 4.11. The molecule has 0 amide bonds. The van der Waals surface area contributed by atoms with Gasteiger partial charge >= 0.3 is 0 Å². The molecule has 6 nitrogen and oxygen atoms in total. The van der Waals surface area contributed by atoms with Gasteiger partial charge in [-0.15, -0.1) is 0 Å². The Kier molecular flexibility index (Phi) is 5.54. The highest BCUT2D eigenvalue weighted by Gasteiger charge is 2.37. The van der Waals surface area contributed by atoms with Crippen LogP contribution in [0.2, 0.25) is 0 Å². The van der Waals surface area contributed by atoms with E-state index in [1.54, 1.807) is 18.4 Å². The third-order valence-corrected chi connectivity index (χ3v) is 7.31. The van der Waals surface area contributed by atoms with E-state index in [4.69, 9.17) is 0 Å². The highest BCUT2D eigenvalue weighted by atomic mass is 32.2. The maximum absolute atomic E-state index is 12.3. The minimum absolute atomic E-state index is 0.514. The maximum Gasteiger partial charge on any atom is 0.281 e. The Morgan fingerprint density at radius 2 is 1.88 bits per heavy atom. The Hall–Kier alpha value is -1.02. The number of aromatic nitrogens is 1. The van der Waals surface area contributed by atoms with E-state index in [2.05, 4.69) is 16.0 Å². The summed E-state index contributed by atoms with van der Waals surface area (Å²) in [7, 11) is -0.0290. The van der Waals surface area contributed by atoms with Gasteiger partial charge in [-0.25, -0.2) is 0 Å². The van der Waals surface area contributed by atoms with Crippen LogP contribution in [0.1, 0.15) is 24.8 Å². The second kappa shape index (κ2) is 7.47. The molecule has 2 aliphatic heterocycles. The van der Waals surface area contributed by atoms with Crippen LogP contribution in [0.4, 0.5) is 0 Å². The third kappa shape index (κ3) is 3.96. The monoisotopic (exact) mass is 352 g/mol. The smallest absolute Gasteiger partial charge is 0.281 e. The zero-order valence-electron chi connectivity index (χ0n) is 14.6. The van der Waals surface area contributed by atoms with Crippen molar-refractivity contribution in [1.82, 2.24) is 18.5 Å². The largest absolute Gasteiger partial charge is 0.299 e. The molecule has 134 valence electrons. The summed E-state index contributed by atoms with van der Waals surface area (Å²) in [6.45, 7) is 4.51. The molecule has 0 bridgehead atoms. The van der Waals surface area contributed by atoms with Crippen LogP contribution in [-0.4, -0.2) is 67.2 Å². The van der Waals surface area contributed by atoms with Crippen molar-refractivity contribution < 1.29 is 8.42 Å². The molecule has 2 aliphatic rings. The van der Waals surface area contributed by atoms with Crippen LogP contribution in [0.25, 0.3) is 0 Å². The van der Waals surface area contributed by atoms with Crippen LogP contribution in [0.15, 0.2) is 24.5 Å². The summed E-state index contributed by atoms with van der Waals surface area (Å²) in [5.41, 5.74) is 1.26. The molecule has 0 aromatic carbocycles. The van der Waals surface area contributed by atoms with E-state index < -0.39 is 10.2 Å². The van der Waals surface area contributed by atoms with Gasteiger partial charge in [-0.2, -0.15) is 17.0 Å². The molecule has 2 fully saturated rings. The first-order valence-electron chi connectivity index (χ1n) is 8.75. The molecule has 1 aromatic heterocycles. The zero-order chi connectivity index (χ0) is 17.2. The Bertz CT molecular complexity index is 627. The summed E-state index contributed by atoms with van der Waals surface area (Å²) >= 11 is 0. The van der Waals surface area contributed by atoms with Crippen molar-refractivity contribution in [2.24, 2.45) is 11.8 Å². The molecule has 0 saturated carbocycles. The molecule has 0 N–H and O–H groups in total. The molecule has 3 rings (SSSR count). The lowest BCUT2D eigenvalue weighted by molar-refractivity contribution is 0.144. The minimum atomic E-state index is -3.25. The second-order valence-corrected chi connectivity index (χ2v) is 9.31. The molecule has 1 aromatic rings. The zero-order valence-corrected chi connectivity index (χ0v) is 15.5. The molecule has 0 spiro atoms. The molecule has 24 heavy (non-hydrogen) atoms. The lowest BCUT2D eigenvalue weighted by Gasteiger charge is -2.34. The number of likely N-dealkylation sites (tertiary alicyclic amines) is 1. The van der Waals surface area contributed by atoms with Crippen LogP contribution < -0.4 is 0 Å². The van der Waals surface area contributed by atoms with Crippen LogP contribution in [-0.2, 0) is 16.8 Å². The fraction of sp³-hybridized carbons (Fsp3) is 0.706. The number of rotatable bonds is 5.